The van der Waals surface area contributed by atoms with Crippen LogP contribution in [0.5, 0.6) is 5.75 Å². The third-order valence-corrected chi connectivity index (χ3v) is 12.9. The Labute approximate surface area is 299 Å². The fraction of sp³-hybridized carbons (Fsp3) is 0.207. The minimum Gasteiger partial charge on any atom is -0.457 e. The van der Waals surface area contributed by atoms with Gasteiger partial charge in [-0.2, -0.15) is 5.01 Å². The smallest absolute Gasteiger partial charge is 0.379 e. The molecule has 46 heavy (non-hydrogen) atoms. The number of imide groups is 1. The Bertz CT molecular complexity index is 1830. The minimum atomic E-state index is -2.21. The van der Waals surface area contributed by atoms with Crippen LogP contribution in [-0.2, 0) is 9.59 Å². The SMILES string of the molecule is O=C(CN(C(=O)c1ccc(Cl)c(Cl)c1)N1C(=O)[C@@H]2[C@H](C1=O)[C@@]1(Cl)C(Cl)=C(Cl)[C@@]2(Cl)C1(Cl)Cl)c1ccc(OC(=O)c2ccco2)cc1. The summed E-state index contributed by atoms with van der Waals surface area (Å²) in [5, 5.41) is 0.550. The maximum Gasteiger partial charge on any atom is 0.379 e. The van der Waals surface area contributed by atoms with E-state index in [1.165, 1.54) is 60.9 Å². The maximum absolute atomic E-state index is 14.0. The molecule has 3 aliphatic rings. The maximum atomic E-state index is 14.0. The number of nitrogens with zero attached hydrogens (tertiary/aromatic N) is 2. The lowest BCUT2D eigenvalue weighted by molar-refractivity contribution is -0.154. The fourth-order valence-corrected chi connectivity index (χ4v) is 8.95. The molecule has 238 valence electrons. The van der Waals surface area contributed by atoms with Crippen molar-refractivity contribution >= 4 is 122 Å². The average molecular weight is 786 g/mol. The van der Waals surface area contributed by atoms with Gasteiger partial charge in [-0.25, -0.2) is 9.80 Å². The first-order chi connectivity index (χ1) is 21.6. The quantitative estimate of drug-likeness (QED) is 0.0802. The Balaban J connectivity index is 1.34. The first-order valence-corrected chi connectivity index (χ1v) is 15.9. The van der Waals surface area contributed by atoms with Crippen molar-refractivity contribution in [2.24, 2.45) is 11.8 Å². The van der Waals surface area contributed by atoms with E-state index in [2.05, 4.69) is 0 Å². The molecule has 3 aromatic rings. The number of Topliss-reactive ketones (excluding diaryl/α,β-unsaturated/α-hetero) is 1. The molecule has 1 aromatic heterocycles. The van der Waals surface area contributed by atoms with Gasteiger partial charge in [-0.3, -0.25) is 19.2 Å². The summed E-state index contributed by atoms with van der Waals surface area (Å²) in [6, 6.07) is 12.0. The molecule has 0 spiro atoms. The molecule has 2 bridgehead atoms. The second kappa shape index (κ2) is 11.6. The van der Waals surface area contributed by atoms with Crippen molar-refractivity contribution in [2.75, 3.05) is 6.54 Å². The molecule has 0 N–H and O–H groups in total. The van der Waals surface area contributed by atoms with Gasteiger partial charge in [0.1, 0.15) is 22.0 Å². The van der Waals surface area contributed by atoms with Crippen LogP contribution in [0.25, 0.3) is 0 Å². The van der Waals surface area contributed by atoms with E-state index in [0.717, 1.165) is 0 Å². The summed E-state index contributed by atoms with van der Waals surface area (Å²) in [4.78, 5) is 63.5. The summed E-state index contributed by atoms with van der Waals surface area (Å²) in [5.41, 5.74) is -0.0950. The number of carbonyl (C=O) groups is 5. The predicted octanol–water partition coefficient (Wildman–Crippen LogP) is 7.49. The van der Waals surface area contributed by atoms with E-state index in [1.807, 2.05) is 0 Å². The highest BCUT2D eigenvalue weighted by Crippen LogP contribution is 2.77. The summed E-state index contributed by atoms with van der Waals surface area (Å²) in [5.74, 6) is -7.66. The molecule has 9 nitrogen and oxygen atoms in total. The number of esters is 1. The van der Waals surface area contributed by atoms with Gasteiger partial charge in [-0.05, 0) is 54.6 Å². The third-order valence-electron chi connectivity index (χ3n) is 7.93. The summed E-state index contributed by atoms with van der Waals surface area (Å²) in [6.07, 6.45) is 1.30. The monoisotopic (exact) mass is 782 g/mol. The zero-order chi connectivity index (χ0) is 33.5. The number of alkyl halides is 4. The summed E-state index contributed by atoms with van der Waals surface area (Å²) >= 11 is 51.7. The number of furan rings is 1. The molecule has 4 atom stereocenters. The Morgan fingerprint density at radius 3 is 1.89 bits per heavy atom. The molecule has 2 aliphatic carbocycles. The van der Waals surface area contributed by atoms with Crippen molar-refractivity contribution in [3.05, 3.63) is 97.9 Å². The Hall–Kier alpha value is -2.47. The van der Waals surface area contributed by atoms with Crippen LogP contribution in [0.15, 0.2) is 75.3 Å². The van der Waals surface area contributed by atoms with Crippen LogP contribution < -0.4 is 4.74 Å². The lowest BCUT2D eigenvalue weighted by Gasteiger charge is -2.36. The van der Waals surface area contributed by atoms with Crippen LogP contribution in [0.1, 0.15) is 31.3 Å². The number of fused-ring (bicyclic) bond motifs is 5. The molecule has 1 aliphatic heterocycles. The van der Waals surface area contributed by atoms with E-state index in [0.29, 0.717) is 10.0 Å². The van der Waals surface area contributed by atoms with Crippen LogP contribution in [0, 0.1) is 11.8 Å². The van der Waals surface area contributed by atoms with E-state index >= 15 is 0 Å². The zero-order valence-electron chi connectivity index (χ0n) is 22.4. The molecule has 0 radical (unpaired) electrons. The Morgan fingerprint density at radius 1 is 0.804 bits per heavy atom. The van der Waals surface area contributed by atoms with Gasteiger partial charge in [0.2, 0.25) is 5.76 Å². The van der Waals surface area contributed by atoms with Gasteiger partial charge < -0.3 is 9.15 Å². The lowest BCUT2D eigenvalue weighted by atomic mass is 9.84. The van der Waals surface area contributed by atoms with Crippen molar-refractivity contribution in [1.29, 1.82) is 0 Å². The number of benzene rings is 2. The number of ether oxygens (including phenoxy) is 1. The topological polar surface area (TPSA) is 114 Å². The fourth-order valence-electron chi connectivity index (χ4n) is 5.72. The van der Waals surface area contributed by atoms with E-state index in [9.17, 15) is 24.0 Å². The number of hydrogen-bond donors (Lipinski definition) is 0. The number of hydrazine groups is 1. The standard InChI is InChI=1S/C29H14Cl8N2O7/c30-15-8-5-13(10-16(15)31)23(41)38(11-17(40)12-3-6-14(7-4-12)46-26(44)18-2-1-9-45-18)39-24(42)19-20(25(39)43)28(35)22(33)21(32)27(19,34)29(28,36)37/h1-10,19-20H,11H2/t19-,20+,27-,28-/m1/s1. The van der Waals surface area contributed by atoms with Crippen molar-refractivity contribution in [3.8, 4) is 5.75 Å². The van der Waals surface area contributed by atoms with Gasteiger partial charge in [0.05, 0.1) is 38.2 Å². The molecule has 3 amide bonds. The number of ketones is 1. The molecule has 1 saturated heterocycles. The van der Waals surface area contributed by atoms with Crippen LogP contribution in [0.4, 0.5) is 0 Å². The van der Waals surface area contributed by atoms with Crippen molar-refractivity contribution in [1.82, 2.24) is 10.0 Å². The molecule has 2 fully saturated rings. The van der Waals surface area contributed by atoms with Gasteiger partial charge >= 0.3 is 5.97 Å². The highest BCUT2D eigenvalue weighted by molar-refractivity contribution is 6.66. The van der Waals surface area contributed by atoms with Gasteiger partial charge in [0, 0.05) is 11.1 Å². The summed E-state index contributed by atoms with van der Waals surface area (Å²) in [7, 11) is 0. The first kappa shape index (κ1) is 33.4. The lowest BCUT2D eigenvalue weighted by Crippen LogP contribution is -2.56. The van der Waals surface area contributed by atoms with Gasteiger partial charge in [-0.15, -0.1) is 23.2 Å². The van der Waals surface area contributed by atoms with Crippen molar-refractivity contribution in [3.63, 3.8) is 0 Å². The normalized spacial score (nSPS) is 26.0. The van der Waals surface area contributed by atoms with E-state index in [-0.39, 0.29) is 42.7 Å². The zero-order valence-corrected chi connectivity index (χ0v) is 28.5. The Morgan fingerprint density at radius 2 is 1.37 bits per heavy atom. The van der Waals surface area contributed by atoms with Crippen LogP contribution >= 0.6 is 92.8 Å². The molecule has 17 heteroatoms. The molecule has 0 unspecified atom stereocenters. The average Bonchev–Trinajstić information content (AvgIpc) is 3.71. The number of halogens is 8. The number of carbonyl (C=O) groups excluding carboxylic acids is 5. The molecular weight excluding hydrogens is 772 g/mol. The van der Waals surface area contributed by atoms with Crippen LogP contribution in [0.2, 0.25) is 10.0 Å². The number of amides is 3. The second-order valence-corrected chi connectivity index (χ2v) is 14.5. The van der Waals surface area contributed by atoms with Crippen LogP contribution in [-0.4, -0.2) is 60.1 Å². The summed E-state index contributed by atoms with van der Waals surface area (Å²) < 4.78 is 8.02. The van der Waals surface area contributed by atoms with E-state index in [4.69, 9.17) is 102 Å². The van der Waals surface area contributed by atoms with Gasteiger partial charge in [0.25, 0.3) is 17.7 Å². The van der Waals surface area contributed by atoms with Gasteiger partial charge in [0.15, 0.2) is 10.1 Å². The number of rotatable bonds is 7. The second-order valence-electron chi connectivity index (χ2n) is 10.4. The van der Waals surface area contributed by atoms with E-state index in [1.54, 1.807) is 0 Å². The Kier molecular flexibility index (Phi) is 8.43. The van der Waals surface area contributed by atoms with Crippen molar-refractivity contribution < 1.29 is 33.1 Å². The number of hydrogen-bond acceptors (Lipinski definition) is 7. The highest BCUT2D eigenvalue weighted by atomic mass is 35.5. The van der Waals surface area contributed by atoms with Crippen molar-refractivity contribution in [2.45, 2.75) is 14.1 Å². The summed E-state index contributed by atoms with van der Waals surface area (Å²) in [6.45, 7) is -0.839. The molecule has 2 aromatic carbocycles. The minimum absolute atomic E-state index is 0.0104. The molecular formula is C29H14Cl8N2O7. The largest absolute Gasteiger partial charge is 0.457 e. The molecule has 2 heterocycles. The highest BCUT2D eigenvalue weighted by Gasteiger charge is 2.88. The van der Waals surface area contributed by atoms with Crippen LogP contribution in [0.3, 0.4) is 0 Å². The number of allylic oxidation sites excluding steroid dienone is 2. The predicted molar refractivity (Wildman–Crippen MR) is 171 cm³/mol. The first-order valence-electron chi connectivity index (χ1n) is 12.9. The molecule has 6 rings (SSSR count). The van der Waals surface area contributed by atoms with Gasteiger partial charge in [-0.1, -0.05) is 69.6 Å². The van der Waals surface area contributed by atoms with E-state index < -0.39 is 61.9 Å². The molecule has 1 saturated carbocycles. The third kappa shape index (κ3) is 4.62.